The number of nitrogen functional groups attached to an aromatic ring is 1. The summed E-state index contributed by atoms with van der Waals surface area (Å²) < 4.78 is 0.869. The Balaban J connectivity index is 2.02. The molecule has 2 rings (SSSR count). The molecule has 5 heteroatoms. The van der Waals surface area contributed by atoms with Crippen molar-refractivity contribution in [3.05, 3.63) is 39.6 Å². The Morgan fingerprint density at radius 2 is 2.27 bits per heavy atom. The highest BCUT2D eigenvalue weighted by atomic mass is 79.9. The number of rotatable bonds is 3. The molecule has 78 valence electrons. The predicted molar refractivity (Wildman–Crippen MR) is 65.9 cm³/mol. The molecule has 2 aromatic rings. The van der Waals surface area contributed by atoms with Crippen molar-refractivity contribution < 1.29 is 0 Å². The monoisotopic (exact) mass is 283 g/mol. The predicted octanol–water partition coefficient (Wildman–Crippen LogP) is 2.67. The molecule has 15 heavy (non-hydrogen) atoms. The van der Waals surface area contributed by atoms with Gasteiger partial charge >= 0.3 is 0 Å². The van der Waals surface area contributed by atoms with E-state index in [1.807, 2.05) is 12.3 Å². The Labute approximate surface area is 101 Å². The third-order valence-electron chi connectivity index (χ3n) is 2.03. The zero-order valence-electron chi connectivity index (χ0n) is 7.98. The van der Waals surface area contributed by atoms with Crippen molar-refractivity contribution >= 4 is 32.4 Å². The van der Waals surface area contributed by atoms with Gasteiger partial charge in [0.2, 0.25) is 0 Å². The van der Waals surface area contributed by atoms with Crippen LogP contribution in [0.1, 0.15) is 10.4 Å². The zero-order chi connectivity index (χ0) is 10.7. The van der Waals surface area contributed by atoms with Crippen LogP contribution in [0.2, 0.25) is 0 Å². The molecular weight excluding hydrogens is 274 g/mol. The summed E-state index contributed by atoms with van der Waals surface area (Å²) in [6.07, 6.45) is 5.58. The molecule has 2 heterocycles. The highest BCUT2D eigenvalue weighted by Gasteiger charge is 2.06. The topological polar surface area (TPSA) is 51.8 Å². The normalized spacial score (nSPS) is 10.5. The van der Waals surface area contributed by atoms with Crippen LogP contribution in [-0.4, -0.2) is 9.97 Å². The molecule has 2 N–H and O–H groups in total. The highest BCUT2D eigenvalue weighted by Crippen LogP contribution is 2.26. The molecule has 0 saturated heterocycles. The van der Waals surface area contributed by atoms with E-state index >= 15 is 0 Å². The highest BCUT2D eigenvalue weighted by molar-refractivity contribution is 9.10. The lowest BCUT2D eigenvalue weighted by molar-refractivity contribution is 0.959. The molecule has 0 radical (unpaired) electrons. The molecule has 0 fully saturated rings. The minimum atomic E-state index is 0.614. The summed E-state index contributed by atoms with van der Waals surface area (Å²) in [6.45, 7) is 0. The van der Waals surface area contributed by atoms with E-state index in [1.165, 1.54) is 21.8 Å². The van der Waals surface area contributed by atoms with Gasteiger partial charge in [0, 0.05) is 17.3 Å². The number of pyridine rings is 1. The smallest absolute Gasteiger partial charge is 0.181 e. The minimum Gasteiger partial charge on any atom is -0.375 e. The quantitative estimate of drug-likeness (QED) is 0.942. The van der Waals surface area contributed by atoms with E-state index in [0.717, 1.165) is 17.4 Å². The number of halogens is 1. The molecule has 0 saturated carbocycles. The SMILES string of the molecule is Nc1nc(Br)c(CCc2cccnc2)s1. The molecular formula is C10H10BrN3S. The Bertz CT molecular complexity index is 441. The van der Waals surface area contributed by atoms with Crippen LogP contribution in [-0.2, 0) is 12.8 Å². The van der Waals surface area contributed by atoms with E-state index in [4.69, 9.17) is 5.73 Å². The zero-order valence-corrected chi connectivity index (χ0v) is 10.4. The molecule has 0 spiro atoms. The molecule has 0 aliphatic rings. The first-order valence-electron chi connectivity index (χ1n) is 4.55. The maximum absolute atomic E-state index is 5.61. The third kappa shape index (κ3) is 2.76. The first-order chi connectivity index (χ1) is 7.25. The number of nitrogens with two attached hydrogens (primary N) is 1. The van der Waals surface area contributed by atoms with Gasteiger partial charge in [-0.25, -0.2) is 4.98 Å². The van der Waals surface area contributed by atoms with Crippen LogP contribution in [0.3, 0.4) is 0 Å². The van der Waals surface area contributed by atoms with Gasteiger partial charge in [0.05, 0.1) is 0 Å². The average Bonchev–Trinajstić information content (AvgIpc) is 2.56. The average molecular weight is 284 g/mol. The van der Waals surface area contributed by atoms with Crippen LogP contribution in [0.15, 0.2) is 29.1 Å². The van der Waals surface area contributed by atoms with Gasteiger partial charge in [0.1, 0.15) is 4.60 Å². The second-order valence-corrected chi connectivity index (χ2v) is 4.99. The first-order valence-corrected chi connectivity index (χ1v) is 6.16. The summed E-state index contributed by atoms with van der Waals surface area (Å²) in [5.74, 6) is 0. The van der Waals surface area contributed by atoms with Crippen LogP contribution in [0.25, 0.3) is 0 Å². The van der Waals surface area contributed by atoms with Gasteiger partial charge in [-0.2, -0.15) is 0 Å². The lowest BCUT2D eigenvalue weighted by Gasteiger charge is -1.98. The Morgan fingerprint density at radius 1 is 1.40 bits per heavy atom. The van der Waals surface area contributed by atoms with Gasteiger partial charge in [0.25, 0.3) is 0 Å². The summed E-state index contributed by atoms with van der Waals surface area (Å²) in [5.41, 5.74) is 6.85. The van der Waals surface area contributed by atoms with Crippen molar-refractivity contribution in [1.29, 1.82) is 0 Å². The maximum atomic E-state index is 5.61. The molecule has 0 unspecified atom stereocenters. The number of aryl methyl sites for hydroxylation is 2. The van der Waals surface area contributed by atoms with Gasteiger partial charge in [-0.05, 0) is 40.4 Å². The van der Waals surface area contributed by atoms with Gasteiger partial charge < -0.3 is 5.73 Å². The van der Waals surface area contributed by atoms with E-state index in [9.17, 15) is 0 Å². The lowest BCUT2D eigenvalue weighted by Crippen LogP contribution is -1.90. The number of nitrogens with zero attached hydrogens (tertiary/aromatic N) is 2. The van der Waals surface area contributed by atoms with Crippen LogP contribution >= 0.6 is 27.3 Å². The number of hydrogen-bond donors (Lipinski definition) is 1. The van der Waals surface area contributed by atoms with Gasteiger partial charge in [-0.3, -0.25) is 4.98 Å². The van der Waals surface area contributed by atoms with Crippen LogP contribution in [0, 0.1) is 0 Å². The molecule has 0 amide bonds. The van der Waals surface area contributed by atoms with Gasteiger partial charge in [0.15, 0.2) is 5.13 Å². The summed E-state index contributed by atoms with van der Waals surface area (Å²) in [5, 5.41) is 0.614. The third-order valence-corrected chi connectivity index (χ3v) is 3.89. The minimum absolute atomic E-state index is 0.614. The fraction of sp³-hybridized carbons (Fsp3) is 0.200. The second-order valence-electron chi connectivity index (χ2n) is 3.13. The number of aromatic nitrogens is 2. The Kier molecular flexibility index (Phi) is 3.33. The maximum Gasteiger partial charge on any atom is 0.181 e. The molecule has 0 atom stereocenters. The van der Waals surface area contributed by atoms with Gasteiger partial charge in [-0.15, -0.1) is 11.3 Å². The fourth-order valence-corrected chi connectivity index (χ4v) is 2.78. The van der Waals surface area contributed by atoms with Crippen molar-refractivity contribution in [3.63, 3.8) is 0 Å². The molecule has 0 aliphatic heterocycles. The van der Waals surface area contributed by atoms with E-state index in [-0.39, 0.29) is 0 Å². The van der Waals surface area contributed by atoms with E-state index in [2.05, 4.69) is 32.0 Å². The fourth-order valence-electron chi connectivity index (χ4n) is 1.31. The van der Waals surface area contributed by atoms with E-state index in [1.54, 1.807) is 6.20 Å². The van der Waals surface area contributed by atoms with E-state index < -0.39 is 0 Å². The molecule has 2 aromatic heterocycles. The first kappa shape index (κ1) is 10.6. The molecule has 3 nitrogen and oxygen atoms in total. The standard InChI is InChI=1S/C10H10BrN3S/c11-9-8(15-10(12)14-9)4-3-7-2-1-5-13-6-7/h1-2,5-6H,3-4H2,(H2,12,14). The van der Waals surface area contributed by atoms with Crippen molar-refractivity contribution in [2.24, 2.45) is 0 Å². The van der Waals surface area contributed by atoms with Crippen molar-refractivity contribution in [2.45, 2.75) is 12.8 Å². The Hall–Kier alpha value is -0.940. The lowest BCUT2D eigenvalue weighted by atomic mass is 10.1. The second kappa shape index (κ2) is 4.72. The largest absolute Gasteiger partial charge is 0.375 e. The number of anilines is 1. The van der Waals surface area contributed by atoms with Crippen molar-refractivity contribution in [3.8, 4) is 0 Å². The molecule has 0 aliphatic carbocycles. The molecule has 0 bridgehead atoms. The summed E-state index contributed by atoms with van der Waals surface area (Å²) in [6, 6.07) is 4.02. The summed E-state index contributed by atoms with van der Waals surface area (Å²) >= 11 is 4.93. The summed E-state index contributed by atoms with van der Waals surface area (Å²) in [4.78, 5) is 9.39. The van der Waals surface area contributed by atoms with E-state index in [0.29, 0.717) is 5.13 Å². The number of hydrogen-bond acceptors (Lipinski definition) is 4. The van der Waals surface area contributed by atoms with Crippen LogP contribution in [0.5, 0.6) is 0 Å². The van der Waals surface area contributed by atoms with Gasteiger partial charge in [-0.1, -0.05) is 6.07 Å². The van der Waals surface area contributed by atoms with Crippen LogP contribution < -0.4 is 5.73 Å². The van der Waals surface area contributed by atoms with Crippen molar-refractivity contribution in [1.82, 2.24) is 9.97 Å². The Morgan fingerprint density at radius 3 is 2.87 bits per heavy atom. The van der Waals surface area contributed by atoms with Crippen molar-refractivity contribution in [2.75, 3.05) is 5.73 Å². The summed E-state index contributed by atoms with van der Waals surface area (Å²) in [7, 11) is 0. The van der Waals surface area contributed by atoms with Crippen LogP contribution in [0.4, 0.5) is 5.13 Å². The number of thiazole rings is 1. The molecule has 0 aromatic carbocycles.